The van der Waals surface area contributed by atoms with Crippen LogP contribution >= 0.6 is 0 Å². The minimum atomic E-state index is -3.49. The fourth-order valence-corrected chi connectivity index (χ4v) is 4.75. The number of rotatable bonds is 2. The normalized spacial score (nSPS) is 21.5. The molecule has 0 radical (unpaired) electrons. The Morgan fingerprint density at radius 1 is 1.17 bits per heavy atom. The Labute approximate surface area is 137 Å². The summed E-state index contributed by atoms with van der Waals surface area (Å²) < 4.78 is 27.8. The number of sulfonamides is 1. The highest BCUT2D eigenvalue weighted by Gasteiger charge is 2.29. The molecule has 1 aliphatic heterocycles. The summed E-state index contributed by atoms with van der Waals surface area (Å²) in [6.07, 6.45) is 6.49. The van der Waals surface area contributed by atoms with Gasteiger partial charge in [0.1, 0.15) is 0 Å². The molecule has 0 bridgehead atoms. The third-order valence-electron chi connectivity index (χ3n) is 4.38. The molecule has 2 aromatic rings. The first-order valence-electron chi connectivity index (χ1n) is 8.15. The zero-order valence-corrected chi connectivity index (χ0v) is 14.2. The highest BCUT2D eigenvalue weighted by Crippen LogP contribution is 2.23. The van der Waals surface area contributed by atoms with Crippen molar-refractivity contribution in [2.24, 2.45) is 0 Å². The predicted molar refractivity (Wildman–Crippen MR) is 91.8 cm³/mol. The Morgan fingerprint density at radius 3 is 2.91 bits per heavy atom. The van der Waals surface area contributed by atoms with Crippen molar-refractivity contribution in [2.75, 3.05) is 19.6 Å². The van der Waals surface area contributed by atoms with Gasteiger partial charge >= 0.3 is 0 Å². The van der Waals surface area contributed by atoms with Crippen molar-refractivity contribution in [3.05, 3.63) is 36.7 Å². The molecule has 3 rings (SSSR count). The van der Waals surface area contributed by atoms with Crippen LogP contribution in [0.2, 0.25) is 0 Å². The van der Waals surface area contributed by atoms with E-state index >= 15 is 0 Å². The molecule has 1 atom stereocenters. The molecule has 0 unspecified atom stereocenters. The van der Waals surface area contributed by atoms with Crippen LogP contribution in [0.25, 0.3) is 10.8 Å². The minimum Gasteiger partial charge on any atom is -0.315 e. The number of hydrogen-bond acceptors (Lipinski definition) is 4. The molecule has 1 aromatic heterocycles. The maximum atomic E-state index is 13.1. The SMILES string of the molecule is C[C@@H]1CNCCCCCN1S(=O)(=O)c1ccc2cnccc2c1. The highest BCUT2D eigenvalue weighted by atomic mass is 32.2. The van der Waals surface area contributed by atoms with Gasteiger partial charge in [-0.25, -0.2) is 8.42 Å². The lowest BCUT2D eigenvalue weighted by atomic mass is 10.2. The maximum Gasteiger partial charge on any atom is 0.243 e. The van der Waals surface area contributed by atoms with E-state index in [1.165, 1.54) is 0 Å². The van der Waals surface area contributed by atoms with Crippen molar-refractivity contribution < 1.29 is 8.42 Å². The van der Waals surface area contributed by atoms with E-state index in [1.807, 2.05) is 19.1 Å². The van der Waals surface area contributed by atoms with Crippen LogP contribution in [0.4, 0.5) is 0 Å². The van der Waals surface area contributed by atoms with Gasteiger partial charge in [0.2, 0.25) is 10.0 Å². The zero-order valence-electron chi connectivity index (χ0n) is 13.4. The van der Waals surface area contributed by atoms with Crippen LogP contribution in [-0.2, 0) is 10.0 Å². The number of hydrogen-bond donors (Lipinski definition) is 1. The first-order chi connectivity index (χ1) is 11.1. The Hall–Kier alpha value is -1.50. The molecule has 124 valence electrons. The molecule has 1 fully saturated rings. The molecule has 23 heavy (non-hydrogen) atoms. The molecule has 0 aliphatic carbocycles. The second-order valence-electron chi connectivity index (χ2n) is 6.11. The minimum absolute atomic E-state index is 0.0498. The number of nitrogens with zero attached hydrogens (tertiary/aromatic N) is 2. The molecule has 1 aromatic carbocycles. The van der Waals surface area contributed by atoms with E-state index in [2.05, 4.69) is 10.3 Å². The van der Waals surface area contributed by atoms with Gasteiger partial charge in [-0.15, -0.1) is 0 Å². The summed E-state index contributed by atoms with van der Waals surface area (Å²) in [6.45, 7) is 4.21. The van der Waals surface area contributed by atoms with Crippen molar-refractivity contribution in [2.45, 2.75) is 37.1 Å². The lowest BCUT2D eigenvalue weighted by Gasteiger charge is -2.28. The van der Waals surface area contributed by atoms with Crippen LogP contribution in [-0.4, -0.2) is 43.4 Å². The molecular formula is C17H23N3O2S. The molecule has 6 heteroatoms. The predicted octanol–water partition coefficient (Wildman–Crippen LogP) is 2.39. The smallest absolute Gasteiger partial charge is 0.243 e. The average Bonchev–Trinajstić information content (AvgIpc) is 2.66. The van der Waals surface area contributed by atoms with Gasteiger partial charge in [0, 0.05) is 36.9 Å². The van der Waals surface area contributed by atoms with E-state index in [9.17, 15) is 8.42 Å². The second-order valence-corrected chi connectivity index (χ2v) is 8.00. The lowest BCUT2D eigenvalue weighted by molar-refractivity contribution is 0.330. The Kier molecular flexibility index (Phi) is 4.94. The molecular weight excluding hydrogens is 310 g/mol. The fourth-order valence-electron chi connectivity index (χ4n) is 3.04. The fraction of sp³-hybridized carbons (Fsp3) is 0.471. The van der Waals surface area contributed by atoms with Gasteiger partial charge in [-0.2, -0.15) is 4.31 Å². The zero-order chi connectivity index (χ0) is 16.3. The third-order valence-corrected chi connectivity index (χ3v) is 6.39. The number of aromatic nitrogens is 1. The summed E-state index contributed by atoms with van der Waals surface area (Å²) in [6, 6.07) is 7.06. The molecule has 0 saturated carbocycles. The largest absolute Gasteiger partial charge is 0.315 e. The van der Waals surface area contributed by atoms with Gasteiger partial charge in [-0.1, -0.05) is 12.5 Å². The van der Waals surface area contributed by atoms with Crippen LogP contribution in [0.1, 0.15) is 26.2 Å². The van der Waals surface area contributed by atoms with E-state index in [1.54, 1.807) is 28.8 Å². The van der Waals surface area contributed by atoms with Crippen LogP contribution in [0.5, 0.6) is 0 Å². The van der Waals surface area contributed by atoms with Crippen LogP contribution in [0.15, 0.2) is 41.6 Å². The molecule has 0 spiro atoms. The molecule has 0 amide bonds. The summed E-state index contributed by atoms with van der Waals surface area (Å²) in [5, 5.41) is 5.19. The van der Waals surface area contributed by atoms with Gasteiger partial charge in [0.05, 0.1) is 4.90 Å². The highest BCUT2D eigenvalue weighted by molar-refractivity contribution is 7.89. The monoisotopic (exact) mass is 333 g/mol. The topological polar surface area (TPSA) is 62.3 Å². The van der Waals surface area contributed by atoms with E-state index in [-0.39, 0.29) is 6.04 Å². The summed E-state index contributed by atoms with van der Waals surface area (Å²) in [7, 11) is -3.49. The maximum absolute atomic E-state index is 13.1. The Balaban J connectivity index is 1.96. The van der Waals surface area contributed by atoms with E-state index in [0.717, 1.165) is 36.6 Å². The number of benzene rings is 1. The van der Waals surface area contributed by atoms with Crippen LogP contribution in [0.3, 0.4) is 0 Å². The van der Waals surface area contributed by atoms with Crippen molar-refractivity contribution in [3.63, 3.8) is 0 Å². The second kappa shape index (κ2) is 6.95. The Bertz CT molecular complexity index is 776. The van der Waals surface area contributed by atoms with Gasteiger partial charge in [-0.05, 0) is 49.9 Å². The molecule has 1 aliphatic rings. The van der Waals surface area contributed by atoms with Crippen LogP contribution in [0, 0.1) is 0 Å². The van der Waals surface area contributed by atoms with E-state index in [4.69, 9.17) is 0 Å². The average molecular weight is 333 g/mol. The number of nitrogens with one attached hydrogen (secondary N) is 1. The van der Waals surface area contributed by atoms with Crippen molar-refractivity contribution in [1.82, 2.24) is 14.6 Å². The van der Waals surface area contributed by atoms with Crippen molar-refractivity contribution in [3.8, 4) is 0 Å². The quantitative estimate of drug-likeness (QED) is 0.916. The first-order valence-corrected chi connectivity index (χ1v) is 9.59. The van der Waals surface area contributed by atoms with Gasteiger partial charge in [0.25, 0.3) is 0 Å². The van der Waals surface area contributed by atoms with E-state index < -0.39 is 10.0 Å². The molecule has 1 saturated heterocycles. The van der Waals surface area contributed by atoms with Gasteiger partial charge in [0.15, 0.2) is 0 Å². The first kappa shape index (κ1) is 16.4. The number of pyridine rings is 1. The van der Waals surface area contributed by atoms with Crippen molar-refractivity contribution >= 4 is 20.8 Å². The standard InChI is InChI=1S/C17H23N3O2S/c1-14-12-18-8-3-2-4-10-20(14)23(21,22)17-6-5-16-13-19-9-7-15(16)11-17/h5-7,9,11,13-14,18H,2-4,8,10,12H2,1H3/t14-/m1/s1. The molecule has 2 heterocycles. The Morgan fingerprint density at radius 2 is 2.04 bits per heavy atom. The summed E-state index contributed by atoms with van der Waals surface area (Å²) in [5.41, 5.74) is 0. The summed E-state index contributed by atoms with van der Waals surface area (Å²) in [5.74, 6) is 0. The van der Waals surface area contributed by atoms with E-state index in [0.29, 0.717) is 18.0 Å². The van der Waals surface area contributed by atoms with Crippen LogP contribution < -0.4 is 5.32 Å². The third kappa shape index (κ3) is 3.54. The lowest BCUT2D eigenvalue weighted by Crippen LogP contribution is -2.44. The summed E-state index contributed by atoms with van der Waals surface area (Å²) >= 11 is 0. The van der Waals surface area contributed by atoms with Gasteiger partial charge in [-0.3, -0.25) is 4.98 Å². The molecule has 1 N–H and O–H groups in total. The van der Waals surface area contributed by atoms with Gasteiger partial charge < -0.3 is 5.32 Å². The summed E-state index contributed by atoms with van der Waals surface area (Å²) in [4.78, 5) is 4.43. The number of fused-ring (bicyclic) bond motifs is 1. The molecule has 5 nitrogen and oxygen atoms in total. The van der Waals surface area contributed by atoms with Crippen molar-refractivity contribution in [1.29, 1.82) is 0 Å².